The minimum Gasteiger partial charge on any atom is -0.378 e. The van der Waals surface area contributed by atoms with Gasteiger partial charge in [0.15, 0.2) is 0 Å². The number of hydrogen-bond acceptors (Lipinski definition) is 5. The number of amides is 2. The van der Waals surface area contributed by atoms with Gasteiger partial charge in [-0.25, -0.2) is 0 Å². The molecular weight excluding hydrogens is 284 g/mol. The summed E-state index contributed by atoms with van der Waals surface area (Å²) in [6, 6.07) is 8.48. The number of carbonyl (C=O) groups is 2. The van der Waals surface area contributed by atoms with Crippen LogP contribution in [0, 0.1) is 11.3 Å². The first-order valence-corrected chi connectivity index (χ1v) is 6.76. The molecule has 1 saturated heterocycles. The van der Waals surface area contributed by atoms with Gasteiger partial charge in [0.1, 0.15) is 11.6 Å². The van der Waals surface area contributed by atoms with Crippen molar-refractivity contribution in [2.24, 2.45) is 5.73 Å². The Morgan fingerprint density at radius 2 is 2.00 bits per heavy atom. The molecule has 0 aromatic heterocycles. The lowest BCUT2D eigenvalue weighted by Crippen LogP contribution is -2.41. The Bertz CT molecular complexity index is 642. The molecule has 114 valence electrons. The number of morpholine rings is 1. The minimum atomic E-state index is -0.588. The van der Waals surface area contributed by atoms with Crippen LogP contribution in [0.3, 0.4) is 0 Å². The van der Waals surface area contributed by atoms with Crippen LogP contribution in [0.15, 0.2) is 36.0 Å². The van der Waals surface area contributed by atoms with E-state index < -0.39 is 5.91 Å². The van der Waals surface area contributed by atoms with Crippen molar-refractivity contribution in [1.29, 1.82) is 5.26 Å². The van der Waals surface area contributed by atoms with Crippen LogP contribution in [0.2, 0.25) is 0 Å². The van der Waals surface area contributed by atoms with Crippen molar-refractivity contribution in [3.05, 3.63) is 41.6 Å². The Kier molecular flexibility index (Phi) is 5.11. The number of benzene rings is 1. The van der Waals surface area contributed by atoms with Gasteiger partial charge in [0.05, 0.1) is 24.5 Å². The first-order chi connectivity index (χ1) is 10.6. The highest BCUT2D eigenvalue weighted by atomic mass is 16.5. The molecule has 1 fully saturated rings. The summed E-state index contributed by atoms with van der Waals surface area (Å²) in [6.45, 7) is 1.83. The van der Waals surface area contributed by atoms with E-state index in [0.29, 0.717) is 32.0 Å². The van der Waals surface area contributed by atoms with Gasteiger partial charge in [-0.3, -0.25) is 9.59 Å². The summed E-state index contributed by atoms with van der Waals surface area (Å²) < 4.78 is 5.17. The predicted octanol–water partition coefficient (Wildman–Crippen LogP) is 0.464. The van der Waals surface area contributed by atoms with Gasteiger partial charge in [-0.15, -0.1) is 0 Å². The molecule has 2 amide bonds. The molecule has 7 nitrogen and oxygen atoms in total. The van der Waals surface area contributed by atoms with Gasteiger partial charge in [0.2, 0.25) is 0 Å². The van der Waals surface area contributed by atoms with E-state index in [9.17, 15) is 9.59 Å². The quantitative estimate of drug-likeness (QED) is 0.620. The third kappa shape index (κ3) is 3.62. The molecule has 7 heteroatoms. The fraction of sp³-hybridized carbons (Fsp3) is 0.267. The van der Waals surface area contributed by atoms with E-state index in [0.717, 1.165) is 0 Å². The third-order valence-electron chi connectivity index (χ3n) is 3.21. The number of rotatable bonds is 4. The molecule has 0 atom stereocenters. The highest BCUT2D eigenvalue weighted by Gasteiger charge is 2.20. The van der Waals surface area contributed by atoms with Crippen molar-refractivity contribution < 1.29 is 14.3 Å². The predicted molar refractivity (Wildman–Crippen MR) is 79.7 cm³/mol. The van der Waals surface area contributed by atoms with Gasteiger partial charge >= 0.3 is 0 Å². The van der Waals surface area contributed by atoms with Crippen LogP contribution in [0.1, 0.15) is 10.4 Å². The van der Waals surface area contributed by atoms with Crippen LogP contribution in [0.5, 0.6) is 0 Å². The summed E-state index contributed by atoms with van der Waals surface area (Å²) in [4.78, 5) is 25.1. The molecule has 0 radical (unpaired) electrons. The number of nitrogens with two attached hydrogens (primary N) is 1. The van der Waals surface area contributed by atoms with Gasteiger partial charge in [-0.2, -0.15) is 5.26 Å². The molecule has 1 heterocycles. The maximum Gasteiger partial charge on any atom is 0.266 e. The van der Waals surface area contributed by atoms with Crippen LogP contribution < -0.4 is 11.1 Å². The second-order valence-electron chi connectivity index (χ2n) is 4.63. The second kappa shape index (κ2) is 7.24. The van der Waals surface area contributed by atoms with Gasteiger partial charge in [0.25, 0.3) is 11.8 Å². The zero-order valence-electron chi connectivity index (χ0n) is 11.9. The molecule has 0 unspecified atom stereocenters. The van der Waals surface area contributed by atoms with Crippen molar-refractivity contribution in [1.82, 2.24) is 4.90 Å². The van der Waals surface area contributed by atoms with E-state index in [-0.39, 0.29) is 17.0 Å². The Morgan fingerprint density at radius 1 is 1.32 bits per heavy atom. The monoisotopic (exact) mass is 300 g/mol. The summed E-state index contributed by atoms with van der Waals surface area (Å²) in [5.74, 6) is -0.954. The smallest absolute Gasteiger partial charge is 0.266 e. The molecule has 1 aromatic rings. The van der Waals surface area contributed by atoms with E-state index in [2.05, 4.69) is 5.32 Å². The molecule has 2 rings (SSSR count). The summed E-state index contributed by atoms with van der Waals surface area (Å²) in [5.41, 5.74) is 5.96. The minimum absolute atomic E-state index is 0.0406. The Labute approximate surface area is 127 Å². The van der Waals surface area contributed by atoms with Crippen LogP contribution >= 0.6 is 0 Å². The number of para-hydroxylation sites is 1. The first-order valence-electron chi connectivity index (χ1n) is 6.76. The molecule has 1 aliphatic rings. The standard InChI is InChI=1S/C15H16N4O3/c16-9-11(15(21)19-5-7-22-8-6-19)10-18-13-4-2-1-3-12(13)14(17)20/h1-4,10,18H,5-8H2,(H2,17,20)/b11-10-. The van der Waals surface area contributed by atoms with Crippen molar-refractivity contribution >= 4 is 17.5 Å². The van der Waals surface area contributed by atoms with Crippen molar-refractivity contribution in [2.45, 2.75) is 0 Å². The van der Waals surface area contributed by atoms with Crippen LogP contribution in [0.25, 0.3) is 0 Å². The lowest BCUT2D eigenvalue weighted by atomic mass is 10.1. The molecule has 0 saturated carbocycles. The molecule has 0 aliphatic carbocycles. The van der Waals surface area contributed by atoms with Crippen molar-refractivity contribution in [2.75, 3.05) is 31.6 Å². The molecular formula is C15H16N4O3. The highest BCUT2D eigenvalue weighted by Crippen LogP contribution is 2.15. The summed E-state index contributed by atoms with van der Waals surface area (Å²) >= 11 is 0. The molecule has 3 N–H and O–H groups in total. The second-order valence-corrected chi connectivity index (χ2v) is 4.63. The van der Waals surface area contributed by atoms with Crippen LogP contribution in [0.4, 0.5) is 5.69 Å². The Hall–Kier alpha value is -2.85. The third-order valence-corrected chi connectivity index (χ3v) is 3.21. The zero-order valence-corrected chi connectivity index (χ0v) is 11.9. The van der Waals surface area contributed by atoms with Gasteiger partial charge in [0, 0.05) is 19.3 Å². The largest absolute Gasteiger partial charge is 0.378 e. The molecule has 0 spiro atoms. The van der Waals surface area contributed by atoms with Crippen molar-refractivity contribution in [3.8, 4) is 6.07 Å². The maximum atomic E-state index is 12.2. The number of hydrogen-bond donors (Lipinski definition) is 2. The van der Waals surface area contributed by atoms with E-state index in [1.165, 1.54) is 6.20 Å². The lowest BCUT2D eigenvalue weighted by Gasteiger charge is -2.26. The number of ether oxygens (including phenoxy) is 1. The topological polar surface area (TPSA) is 108 Å². The van der Waals surface area contributed by atoms with Gasteiger partial charge in [-0.1, -0.05) is 12.1 Å². The SMILES string of the molecule is N#C/C(=C/Nc1ccccc1C(N)=O)C(=O)N1CCOCC1. The summed E-state index contributed by atoms with van der Waals surface area (Å²) in [5, 5.41) is 12.0. The average molecular weight is 300 g/mol. The average Bonchev–Trinajstić information content (AvgIpc) is 2.56. The number of nitrogens with zero attached hydrogens (tertiary/aromatic N) is 2. The van der Waals surface area contributed by atoms with Gasteiger partial charge < -0.3 is 20.7 Å². The van der Waals surface area contributed by atoms with E-state index in [4.69, 9.17) is 15.7 Å². The summed E-state index contributed by atoms with van der Waals surface area (Å²) in [6.07, 6.45) is 1.29. The molecule has 1 aromatic carbocycles. The number of nitrogens with one attached hydrogen (secondary N) is 1. The maximum absolute atomic E-state index is 12.2. The summed E-state index contributed by atoms with van der Waals surface area (Å²) in [7, 11) is 0. The first kappa shape index (κ1) is 15.5. The molecule has 0 bridgehead atoms. The fourth-order valence-corrected chi connectivity index (χ4v) is 2.05. The number of nitriles is 1. The number of primary amides is 1. The number of carbonyl (C=O) groups excluding carboxylic acids is 2. The number of anilines is 1. The van der Waals surface area contributed by atoms with Crippen LogP contribution in [-0.2, 0) is 9.53 Å². The Morgan fingerprint density at radius 3 is 2.64 bits per heavy atom. The molecule has 1 aliphatic heterocycles. The normalized spacial score (nSPS) is 15.0. The lowest BCUT2D eigenvalue weighted by molar-refractivity contribution is -0.130. The zero-order chi connectivity index (χ0) is 15.9. The van der Waals surface area contributed by atoms with Crippen molar-refractivity contribution in [3.63, 3.8) is 0 Å². The van der Waals surface area contributed by atoms with Gasteiger partial charge in [-0.05, 0) is 12.1 Å². The van der Waals surface area contributed by atoms with E-state index in [1.54, 1.807) is 29.2 Å². The van der Waals surface area contributed by atoms with E-state index >= 15 is 0 Å². The Balaban J connectivity index is 2.15. The van der Waals surface area contributed by atoms with E-state index in [1.807, 2.05) is 6.07 Å². The highest BCUT2D eigenvalue weighted by molar-refractivity contribution is 6.00. The van der Waals surface area contributed by atoms with Crippen LogP contribution in [-0.4, -0.2) is 43.0 Å². The fourth-order valence-electron chi connectivity index (χ4n) is 2.05. The molecule has 22 heavy (non-hydrogen) atoms.